The molecule has 9 heteroatoms. The number of hydrogen-bond acceptors (Lipinski definition) is 6. The third-order valence-corrected chi connectivity index (χ3v) is 4.03. The minimum atomic E-state index is -0.861. The second-order valence-electron chi connectivity index (χ2n) is 8.10. The number of nitrogens with zero attached hydrogens (tertiary/aromatic N) is 1. The van der Waals surface area contributed by atoms with Crippen molar-refractivity contribution in [2.45, 2.75) is 52.3 Å². The first kappa shape index (κ1) is 27.1. The third kappa shape index (κ3) is 12.5. The van der Waals surface area contributed by atoms with E-state index in [9.17, 15) is 14.4 Å². The highest BCUT2D eigenvalue weighted by molar-refractivity contribution is 5.79. The quantitative estimate of drug-likeness (QED) is 0.370. The normalized spacial score (nSPS) is 10.2. The van der Waals surface area contributed by atoms with Gasteiger partial charge in [-0.05, 0) is 43.0 Å². The molecule has 9 nitrogen and oxygen atoms in total. The van der Waals surface area contributed by atoms with Crippen LogP contribution < -0.4 is 16.4 Å². The van der Waals surface area contributed by atoms with E-state index in [0.717, 1.165) is 22.3 Å². The average molecular weight is 455 g/mol. The molecule has 2 amide bonds. The van der Waals surface area contributed by atoms with Crippen LogP contribution in [0.2, 0.25) is 0 Å². The van der Waals surface area contributed by atoms with Gasteiger partial charge in [-0.3, -0.25) is 14.9 Å². The Labute approximate surface area is 193 Å². The molecule has 0 saturated carbocycles. The Balaban J connectivity index is 0.000000346. The van der Waals surface area contributed by atoms with Gasteiger partial charge in [0.05, 0.1) is 12.8 Å². The summed E-state index contributed by atoms with van der Waals surface area (Å²) in [6, 6.07) is 14.5. The van der Waals surface area contributed by atoms with E-state index in [2.05, 4.69) is 10.6 Å². The number of amides is 2. The van der Waals surface area contributed by atoms with Crippen molar-refractivity contribution >= 4 is 18.0 Å². The van der Waals surface area contributed by atoms with Crippen molar-refractivity contribution in [3.63, 3.8) is 0 Å². The van der Waals surface area contributed by atoms with E-state index in [4.69, 9.17) is 20.8 Å². The molecule has 0 aromatic heterocycles. The molecule has 0 fully saturated rings. The van der Waals surface area contributed by atoms with Crippen LogP contribution in [0.1, 0.15) is 43.0 Å². The Morgan fingerprint density at radius 1 is 0.939 bits per heavy atom. The van der Waals surface area contributed by atoms with Gasteiger partial charge in [0.15, 0.2) is 6.19 Å². The van der Waals surface area contributed by atoms with Crippen LogP contribution in [0.3, 0.4) is 0 Å². The van der Waals surface area contributed by atoms with E-state index in [-0.39, 0.29) is 18.7 Å². The average Bonchev–Trinajstić information content (AvgIpc) is 2.73. The molecule has 0 aliphatic rings. The van der Waals surface area contributed by atoms with Crippen molar-refractivity contribution in [3.05, 3.63) is 70.8 Å². The lowest BCUT2D eigenvalue weighted by Gasteiger charge is -2.19. The van der Waals surface area contributed by atoms with Crippen LogP contribution in [-0.2, 0) is 40.3 Å². The first-order chi connectivity index (χ1) is 15.5. The number of ether oxygens (including phenoxy) is 1. The minimum absolute atomic E-state index is 0.000224. The van der Waals surface area contributed by atoms with Gasteiger partial charge in [-0.1, -0.05) is 48.5 Å². The molecule has 2 aromatic rings. The molecule has 0 aliphatic heterocycles. The van der Waals surface area contributed by atoms with Gasteiger partial charge in [0.25, 0.3) is 0 Å². The van der Waals surface area contributed by atoms with Crippen LogP contribution in [0.25, 0.3) is 0 Å². The monoisotopic (exact) mass is 454 g/mol. The molecule has 0 saturated heterocycles. The summed E-state index contributed by atoms with van der Waals surface area (Å²) in [4.78, 5) is 33.0. The smallest absolute Gasteiger partial charge is 0.407 e. The zero-order chi connectivity index (χ0) is 24.9. The zero-order valence-corrected chi connectivity index (χ0v) is 19.1. The number of carbonyl (C=O) groups is 3. The highest BCUT2D eigenvalue weighted by atomic mass is 16.6. The number of aliphatic carboxylic acids is 1. The van der Waals surface area contributed by atoms with Gasteiger partial charge >= 0.3 is 12.1 Å². The van der Waals surface area contributed by atoms with Crippen molar-refractivity contribution in [1.82, 2.24) is 10.6 Å². The molecule has 0 spiro atoms. The lowest BCUT2D eigenvalue weighted by molar-refractivity contribution is -0.136. The number of carboxylic acid groups (broad SMARTS) is 1. The van der Waals surface area contributed by atoms with Gasteiger partial charge in [0.1, 0.15) is 5.60 Å². The van der Waals surface area contributed by atoms with E-state index >= 15 is 0 Å². The number of nitrogens with one attached hydrogen (secondary N) is 2. The van der Waals surface area contributed by atoms with Gasteiger partial charge in [-0.15, -0.1) is 0 Å². The minimum Gasteiger partial charge on any atom is -0.481 e. The molecular formula is C24H30N4O5. The fraction of sp³-hybridized carbons (Fsp3) is 0.333. The van der Waals surface area contributed by atoms with Gasteiger partial charge in [-0.25, -0.2) is 4.79 Å². The summed E-state index contributed by atoms with van der Waals surface area (Å²) in [5.74, 6) is -1.16. The fourth-order valence-corrected chi connectivity index (χ4v) is 2.52. The highest BCUT2D eigenvalue weighted by Crippen LogP contribution is 2.08. The molecule has 2 rings (SSSR count). The topological polar surface area (TPSA) is 155 Å². The fourth-order valence-electron chi connectivity index (χ4n) is 2.52. The number of nitriles is 1. The molecule has 0 heterocycles. The SMILES string of the molecule is CC(C)(C)OC(=O)NCc1ccc(CC(=O)O)cc1.N#CNC(=O)Cc1ccc(CN)cc1. The van der Waals surface area contributed by atoms with Gasteiger partial charge in [0.2, 0.25) is 5.91 Å². The van der Waals surface area contributed by atoms with Crippen molar-refractivity contribution in [1.29, 1.82) is 5.26 Å². The van der Waals surface area contributed by atoms with E-state index < -0.39 is 17.7 Å². The van der Waals surface area contributed by atoms with Crippen LogP contribution in [0.4, 0.5) is 4.79 Å². The number of benzene rings is 2. The standard InChI is InChI=1S/C14H19NO4.C10H11N3O/c1-14(2,3)19-13(18)15-9-11-6-4-10(5-7-11)8-12(16)17;11-6-9-3-1-8(2-4-9)5-10(14)13-7-12/h4-7H,8-9H2,1-3H3,(H,15,18)(H,16,17);1-4H,5-6,11H2,(H,13,14). The Morgan fingerprint density at radius 3 is 1.88 bits per heavy atom. The molecular weight excluding hydrogens is 424 g/mol. The Kier molecular flexibility index (Phi) is 11.1. The van der Waals surface area contributed by atoms with E-state index in [1.54, 1.807) is 51.2 Å². The Bertz CT molecular complexity index is 958. The maximum Gasteiger partial charge on any atom is 0.407 e. The maximum absolute atomic E-state index is 11.4. The van der Waals surface area contributed by atoms with E-state index in [1.165, 1.54) is 0 Å². The second kappa shape index (κ2) is 13.5. The summed E-state index contributed by atoms with van der Waals surface area (Å²) in [5.41, 5.74) is 8.42. The number of alkyl carbamates (subject to hydrolysis) is 1. The first-order valence-electron chi connectivity index (χ1n) is 10.2. The second-order valence-corrected chi connectivity index (χ2v) is 8.10. The third-order valence-electron chi connectivity index (χ3n) is 4.03. The zero-order valence-electron chi connectivity index (χ0n) is 19.1. The van der Waals surface area contributed by atoms with Crippen LogP contribution in [0.5, 0.6) is 0 Å². The first-order valence-corrected chi connectivity index (χ1v) is 10.2. The number of carboxylic acids is 1. The van der Waals surface area contributed by atoms with Crippen molar-refractivity contribution in [2.24, 2.45) is 5.73 Å². The largest absolute Gasteiger partial charge is 0.481 e. The van der Waals surface area contributed by atoms with Crippen LogP contribution >= 0.6 is 0 Å². The summed E-state index contributed by atoms with van der Waals surface area (Å²) in [7, 11) is 0. The van der Waals surface area contributed by atoms with Gasteiger partial charge < -0.3 is 20.9 Å². The maximum atomic E-state index is 11.4. The summed E-state index contributed by atoms with van der Waals surface area (Å²) >= 11 is 0. The molecule has 5 N–H and O–H groups in total. The van der Waals surface area contributed by atoms with Crippen molar-refractivity contribution < 1.29 is 24.2 Å². The lowest BCUT2D eigenvalue weighted by atomic mass is 10.1. The number of nitrogens with two attached hydrogens (primary N) is 1. The number of carbonyl (C=O) groups excluding carboxylic acids is 2. The molecule has 0 bridgehead atoms. The molecule has 176 valence electrons. The van der Waals surface area contributed by atoms with Crippen LogP contribution in [0.15, 0.2) is 48.5 Å². The van der Waals surface area contributed by atoms with Crippen LogP contribution in [0, 0.1) is 11.5 Å². The van der Waals surface area contributed by atoms with Crippen molar-refractivity contribution in [3.8, 4) is 6.19 Å². The van der Waals surface area contributed by atoms with E-state index in [1.807, 2.05) is 24.3 Å². The predicted octanol–water partition coefficient (Wildman–Crippen LogP) is 2.62. The molecule has 33 heavy (non-hydrogen) atoms. The molecule has 0 atom stereocenters. The summed E-state index contributed by atoms with van der Waals surface area (Å²) in [6.07, 6.45) is 1.34. The Morgan fingerprint density at radius 2 is 1.42 bits per heavy atom. The molecule has 2 aromatic carbocycles. The Hall–Kier alpha value is -3.90. The highest BCUT2D eigenvalue weighted by Gasteiger charge is 2.15. The predicted molar refractivity (Wildman–Crippen MR) is 123 cm³/mol. The molecule has 0 radical (unpaired) electrons. The number of rotatable bonds is 7. The number of hydrogen-bond donors (Lipinski definition) is 4. The summed E-state index contributed by atoms with van der Waals surface area (Å²) in [6.45, 7) is 6.24. The van der Waals surface area contributed by atoms with Gasteiger partial charge in [0, 0.05) is 13.1 Å². The lowest BCUT2D eigenvalue weighted by Crippen LogP contribution is -2.32. The van der Waals surface area contributed by atoms with E-state index in [0.29, 0.717) is 13.1 Å². The van der Waals surface area contributed by atoms with Crippen LogP contribution in [-0.4, -0.2) is 28.7 Å². The molecule has 0 aliphatic carbocycles. The molecule has 0 unspecified atom stereocenters. The summed E-state index contributed by atoms with van der Waals surface area (Å²) in [5, 5.41) is 21.5. The van der Waals surface area contributed by atoms with Crippen molar-refractivity contribution in [2.75, 3.05) is 0 Å². The van der Waals surface area contributed by atoms with Gasteiger partial charge in [-0.2, -0.15) is 5.26 Å². The summed E-state index contributed by atoms with van der Waals surface area (Å²) < 4.78 is 5.11.